The molecule has 5 heteroatoms. The number of aromatic nitrogens is 1. The standard InChI is InChI=1S/C15H16N2O3/c18-14(17-8-2-4-11(9-17)15(19)20)12-5-1-3-10-6-7-16-13(10)12/h1,3,5-7,11,16H,2,4,8-9H2,(H,19,20)/t11-/m1/s1. The molecule has 0 aliphatic carbocycles. The Morgan fingerprint density at radius 2 is 2.15 bits per heavy atom. The highest BCUT2D eigenvalue weighted by atomic mass is 16.4. The van der Waals surface area contributed by atoms with Crippen molar-refractivity contribution in [3.63, 3.8) is 0 Å². The van der Waals surface area contributed by atoms with Gasteiger partial charge in [-0.1, -0.05) is 12.1 Å². The average Bonchev–Trinajstić information content (AvgIpc) is 2.95. The van der Waals surface area contributed by atoms with Gasteiger partial charge in [0.15, 0.2) is 0 Å². The molecule has 1 aliphatic rings. The topological polar surface area (TPSA) is 73.4 Å². The monoisotopic (exact) mass is 272 g/mol. The van der Waals surface area contributed by atoms with E-state index in [2.05, 4.69) is 4.98 Å². The third kappa shape index (κ3) is 2.15. The van der Waals surface area contributed by atoms with Crippen LogP contribution in [-0.4, -0.2) is 40.0 Å². The Labute approximate surface area is 116 Å². The summed E-state index contributed by atoms with van der Waals surface area (Å²) in [6.07, 6.45) is 3.19. The van der Waals surface area contributed by atoms with Crippen LogP contribution in [0.15, 0.2) is 30.5 Å². The molecule has 2 aromatic rings. The summed E-state index contributed by atoms with van der Waals surface area (Å²) in [5, 5.41) is 10.1. The first-order chi connectivity index (χ1) is 9.66. The number of piperidine rings is 1. The van der Waals surface area contributed by atoms with Crippen molar-refractivity contribution in [3.05, 3.63) is 36.0 Å². The molecule has 1 aliphatic heterocycles. The van der Waals surface area contributed by atoms with E-state index < -0.39 is 11.9 Å². The summed E-state index contributed by atoms with van der Waals surface area (Å²) in [6.45, 7) is 0.922. The predicted octanol–water partition coefficient (Wildman–Crippen LogP) is 2.10. The van der Waals surface area contributed by atoms with E-state index in [4.69, 9.17) is 5.11 Å². The second-order valence-electron chi connectivity index (χ2n) is 5.18. The maximum absolute atomic E-state index is 12.6. The van der Waals surface area contributed by atoms with Gasteiger partial charge in [0.2, 0.25) is 0 Å². The maximum atomic E-state index is 12.6. The van der Waals surface area contributed by atoms with Gasteiger partial charge in [-0.05, 0) is 25.0 Å². The van der Waals surface area contributed by atoms with E-state index in [1.54, 1.807) is 17.2 Å². The lowest BCUT2D eigenvalue weighted by Crippen LogP contribution is -2.42. The normalized spacial score (nSPS) is 19.2. The lowest BCUT2D eigenvalue weighted by molar-refractivity contribution is -0.143. The number of H-pyrrole nitrogens is 1. The molecule has 0 unspecified atom stereocenters. The first-order valence-corrected chi connectivity index (χ1v) is 6.75. The zero-order valence-electron chi connectivity index (χ0n) is 11.0. The number of benzene rings is 1. The van der Waals surface area contributed by atoms with Crippen LogP contribution in [0, 0.1) is 5.92 Å². The highest BCUT2D eigenvalue weighted by Crippen LogP contribution is 2.22. The molecule has 1 saturated heterocycles. The lowest BCUT2D eigenvalue weighted by atomic mass is 9.97. The second kappa shape index (κ2) is 5.00. The number of nitrogens with one attached hydrogen (secondary N) is 1. The molecule has 5 nitrogen and oxygen atoms in total. The summed E-state index contributed by atoms with van der Waals surface area (Å²) in [6, 6.07) is 7.49. The van der Waals surface area contributed by atoms with Crippen LogP contribution >= 0.6 is 0 Å². The first-order valence-electron chi connectivity index (χ1n) is 6.75. The quantitative estimate of drug-likeness (QED) is 0.879. The number of aromatic amines is 1. The minimum absolute atomic E-state index is 0.0935. The third-order valence-corrected chi connectivity index (χ3v) is 3.88. The van der Waals surface area contributed by atoms with Gasteiger partial charge in [0.25, 0.3) is 5.91 Å². The summed E-state index contributed by atoms with van der Waals surface area (Å²) < 4.78 is 0. The number of aliphatic carboxylic acids is 1. The smallest absolute Gasteiger partial charge is 0.308 e. The predicted molar refractivity (Wildman–Crippen MR) is 74.6 cm³/mol. The van der Waals surface area contributed by atoms with Crippen LogP contribution in [-0.2, 0) is 4.79 Å². The van der Waals surface area contributed by atoms with Crippen molar-refractivity contribution in [3.8, 4) is 0 Å². The van der Waals surface area contributed by atoms with E-state index in [0.29, 0.717) is 25.1 Å². The Hall–Kier alpha value is -2.30. The van der Waals surface area contributed by atoms with Crippen molar-refractivity contribution in [2.45, 2.75) is 12.8 Å². The van der Waals surface area contributed by atoms with E-state index >= 15 is 0 Å². The zero-order chi connectivity index (χ0) is 14.1. The number of para-hydroxylation sites is 1. The minimum Gasteiger partial charge on any atom is -0.481 e. The summed E-state index contributed by atoms with van der Waals surface area (Å²) in [7, 11) is 0. The molecule has 2 N–H and O–H groups in total. The Kier molecular flexibility index (Phi) is 3.18. The van der Waals surface area contributed by atoms with Gasteiger partial charge in [0.1, 0.15) is 0 Å². The average molecular weight is 272 g/mol. The van der Waals surface area contributed by atoms with E-state index in [1.807, 2.05) is 18.2 Å². The van der Waals surface area contributed by atoms with Crippen LogP contribution in [0.1, 0.15) is 23.2 Å². The van der Waals surface area contributed by atoms with Crippen molar-refractivity contribution >= 4 is 22.8 Å². The van der Waals surface area contributed by atoms with Gasteiger partial charge in [-0.25, -0.2) is 0 Å². The Morgan fingerprint density at radius 3 is 2.95 bits per heavy atom. The van der Waals surface area contributed by atoms with Crippen LogP contribution in [0.4, 0.5) is 0 Å². The second-order valence-corrected chi connectivity index (χ2v) is 5.18. The van der Waals surface area contributed by atoms with E-state index in [9.17, 15) is 9.59 Å². The molecule has 1 aromatic carbocycles. The number of carboxylic acid groups (broad SMARTS) is 1. The molecule has 0 saturated carbocycles. The SMILES string of the molecule is O=C(O)[C@@H]1CCCN(C(=O)c2cccc3cc[nH]c23)C1. The molecular formula is C15H16N2O3. The van der Waals surface area contributed by atoms with Crippen molar-refractivity contribution in [2.24, 2.45) is 5.92 Å². The van der Waals surface area contributed by atoms with Gasteiger partial charge in [-0.3, -0.25) is 9.59 Å². The van der Waals surface area contributed by atoms with Gasteiger partial charge in [0.05, 0.1) is 17.0 Å². The molecule has 1 atom stereocenters. The Bertz CT molecular complexity index is 662. The van der Waals surface area contributed by atoms with E-state index in [-0.39, 0.29) is 5.91 Å². The van der Waals surface area contributed by atoms with Crippen LogP contribution in [0.2, 0.25) is 0 Å². The number of hydrogen-bond acceptors (Lipinski definition) is 2. The van der Waals surface area contributed by atoms with Gasteiger partial charge >= 0.3 is 5.97 Å². The molecule has 0 spiro atoms. The van der Waals surface area contributed by atoms with Crippen LogP contribution in [0.5, 0.6) is 0 Å². The Morgan fingerprint density at radius 1 is 1.30 bits per heavy atom. The number of fused-ring (bicyclic) bond motifs is 1. The molecular weight excluding hydrogens is 256 g/mol. The maximum Gasteiger partial charge on any atom is 0.308 e. The van der Waals surface area contributed by atoms with Crippen molar-refractivity contribution < 1.29 is 14.7 Å². The van der Waals surface area contributed by atoms with Gasteiger partial charge in [0, 0.05) is 24.7 Å². The van der Waals surface area contributed by atoms with E-state index in [0.717, 1.165) is 17.3 Å². The molecule has 1 aromatic heterocycles. The number of hydrogen-bond donors (Lipinski definition) is 2. The molecule has 0 radical (unpaired) electrons. The van der Waals surface area contributed by atoms with Gasteiger partial charge in [-0.2, -0.15) is 0 Å². The summed E-state index contributed by atoms with van der Waals surface area (Å²) >= 11 is 0. The van der Waals surface area contributed by atoms with Crippen molar-refractivity contribution in [1.82, 2.24) is 9.88 Å². The lowest BCUT2D eigenvalue weighted by Gasteiger charge is -2.30. The molecule has 2 heterocycles. The zero-order valence-corrected chi connectivity index (χ0v) is 11.0. The molecule has 0 bridgehead atoms. The number of nitrogens with zero attached hydrogens (tertiary/aromatic N) is 1. The number of carbonyl (C=O) groups is 2. The van der Waals surface area contributed by atoms with Crippen LogP contribution in [0.25, 0.3) is 10.9 Å². The number of carbonyl (C=O) groups excluding carboxylic acids is 1. The third-order valence-electron chi connectivity index (χ3n) is 3.88. The Balaban J connectivity index is 1.88. The van der Waals surface area contributed by atoms with Gasteiger partial charge < -0.3 is 15.0 Å². The largest absolute Gasteiger partial charge is 0.481 e. The number of rotatable bonds is 2. The summed E-state index contributed by atoms with van der Waals surface area (Å²) in [5.74, 6) is -1.36. The van der Waals surface area contributed by atoms with E-state index in [1.165, 1.54) is 0 Å². The molecule has 1 amide bonds. The number of likely N-dealkylation sites (tertiary alicyclic amines) is 1. The van der Waals surface area contributed by atoms with Crippen LogP contribution < -0.4 is 0 Å². The minimum atomic E-state index is -0.819. The van der Waals surface area contributed by atoms with Crippen molar-refractivity contribution in [1.29, 1.82) is 0 Å². The molecule has 3 rings (SSSR count). The first kappa shape index (κ1) is 12.7. The number of amides is 1. The number of carboxylic acids is 1. The fraction of sp³-hybridized carbons (Fsp3) is 0.333. The summed E-state index contributed by atoms with van der Waals surface area (Å²) in [5.41, 5.74) is 1.42. The molecule has 20 heavy (non-hydrogen) atoms. The van der Waals surface area contributed by atoms with Crippen molar-refractivity contribution in [2.75, 3.05) is 13.1 Å². The molecule has 104 valence electrons. The summed E-state index contributed by atoms with van der Waals surface area (Å²) in [4.78, 5) is 28.4. The highest BCUT2D eigenvalue weighted by molar-refractivity contribution is 6.05. The fourth-order valence-electron chi connectivity index (χ4n) is 2.80. The highest BCUT2D eigenvalue weighted by Gasteiger charge is 2.29. The molecule has 1 fully saturated rings. The van der Waals surface area contributed by atoms with Gasteiger partial charge in [-0.15, -0.1) is 0 Å². The van der Waals surface area contributed by atoms with Crippen LogP contribution in [0.3, 0.4) is 0 Å². The fourth-order valence-corrected chi connectivity index (χ4v) is 2.80.